The zero-order valence-electron chi connectivity index (χ0n) is 22.8. The summed E-state index contributed by atoms with van der Waals surface area (Å²) >= 11 is 0. The van der Waals surface area contributed by atoms with Gasteiger partial charge in [0.05, 0.1) is 12.7 Å². The molecule has 0 aliphatic rings. The van der Waals surface area contributed by atoms with E-state index in [2.05, 4.69) is 10.6 Å². The fourth-order valence-electron chi connectivity index (χ4n) is 4.37. The van der Waals surface area contributed by atoms with Crippen LogP contribution in [0.3, 0.4) is 0 Å². The van der Waals surface area contributed by atoms with Crippen molar-refractivity contribution in [3.05, 3.63) is 77.4 Å². The Hall–Kier alpha value is -4.42. The summed E-state index contributed by atoms with van der Waals surface area (Å²) in [6.45, 7) is 7.41. The number of ether oxygens (including phenoxy) is 1. The van der Waals surface area contributed by atoms with Crippen molar-refractivity contribution in [2.75, 3.05) is 18.5 Å². The van der Waals surface area contributed by atoms with Crippen LogP contribution >= 0.6 is 0 Å². The second-order valence-corrected chi connectivity index (χ2v) is 10.3. The van der Waals surface area contributed by atoms with Gasteiger partial charge >= 0.3 is 6.09 Å². The Morgan fingerprint density at radius 3 is 2.23 bits per heavy atom. The highest BCUT2D eigenvalue weighted by Crippen LogP contribution is 2.30. The minimum absolute atomic E-state index is 0.463. The van der Waals surface area contributed by atoms with Gasteiger partial charge in [-0.15, -0.1) is 0 Å². The van der Waals surface area contributed by atoms with Crippen LogP contribution in [0.4, 0.5) is 10.5 Å². The number of alkyl carbamates (subject to hydrolysis) is 1. The van der Waals surface area contributed by atoms with Gasteiger partial charge in [-0.25, -0.2) is 4.79 Å². The lowest BCUT2D eigenvalue weighted by molar-refractivity contribution is -0.140. The van der Waals surface area contributed by atoms with Crippen LogP contribution in [0.2, 0.25) is 0 Å². The van der Waals surface area contributed by atoms with Crippen molar-refractivity contribution < 1.29 is 24.2 Å². The number of aliphatic hydroxyl groups excluding tert-OH is 1. The normalized spacial score (nSPS) is 12.6. The number of anilines is 1. The van der Waals surface area contributed by atoms with E-state index in [1.807, 2.05) is 74.5 Å². The average molecular weight is 531 g/mol. The standard InChI is InChI=1S/C30H34N4O5/c1-19-9-8-10-20(2)25(19)26(27(36)32-23-14-13-21-11-6-7-12-22(21)17-23)34(16-15-31)28(37)24(18-35)33-29(38)39-30(3,4)5/h6-14,17,24,26,35H,16,18H2,1-5H3,(H,32,36)(H,33,38). The van der Waals surface area contributed by atoms with E-state index < -0.39 is 48.7 Å². The number of carbonyl (C=O) groups excluding carboxylic acids is 3. The minimum Gasteiger partial charge on any atom is -0.444 e. The lowest BCUT2D eigenvalue weighted by Crippen LogP contribution is -2.54. The van der Waals surface area contributed by atoms with Crippen molar-refractivity contribution in [1.29, 1.82) is 5.26 Å². The third-order valence-electron chi connectivity index (χ3n) is 6.09. The number of benzene rings is 3. The number of rotatable bonds is 8. The molecule has 0 heterocycles. The zero-order valence-corrected chi connectivity index (χ0v) is 22.8. The second kappa shape index (κ2) is 12.4. The first-order valence-electron chi connectivity index (χ1n) is 12.6. The molecule has 9 nitrogen and oxygen atoms in total. The van der Waals surface area contributed by atoms with Gasteiger partial charge in [-0.05, 0) is 74.2 Å². The Balaban J connectivity index is 2.02. The molecule has 0 saturated carbocycles. The lowest BCUT2D eigenvalue weighted by Gasteiger charge is -2.33. The number of hydrogen-bond acceptors (Lipinski definition) is 6. The SMILES string of the molecule is Cc1cccc(C)c1C(C(=O)Nc1ccc2ccccc2c1)N(CC#N)C(=O)C(CO)NC(=O)OC(C)(C)C. The number of hydrogen-bond donors (Lipinski definition) is 3. The molecule has 39 heavy (non-hydrogen) atoms. The molecule has 0 saturated heterocycles. The fraction of sp³-hybridized carbons (Fsp3) is 0.333. The van der Waals surface area contributed by atoms with E-state index in [9.17, 15) is 24.8 Å². The van der Waals surface area contributed by atoms with Gasteiger partial charge in [-0.3, -0.25) is 9.59 Å². The molecular formula is C30H34N4O5. The van der Waals surface area contributed by atoms with Crippen LogP contribution in [0.15, 0.2) is 60.7 Å². The Labute approximate surface area is 228 Å². The molecule has 3 N–H and O–H groups in total. The molecule has 3 aromatic carbocycles. The molecule has 0 bridgehead atoms. The van der Waals surface area contributed by atoms with Crippen molar-refractivity contribution in [2.24, 2.45) is 0 Å². The highest BCUT2D eigenvalue weighted by molar-refractivity contribution is 6.00. The predicted octanol–water partition coefficient (Wildman–Crippen LogP) is 4.37. The van der Waals surface area contributed by atoms with E-state index in [1.54, 1.807) is 26.8 Å². The summed E-state index contributed by atoms with van der Waals surface area (Å²) in [4.78, 5) is 41.1. The quantitative estimate of drug-likeness (QED) is 0.371. The van der Waals surface area contributed by atoms with Crippen molar-refractivity contribution >= 4 is 34.4 Å². The van der Waals surface area contributed by atoms with E-state index in [0.717, 1.165) is 26.8 Å². The first-order chi connectivity index (χ1) is 18.4. The van der Waals surface area contributed by atoms with Gasteiger partial charge in [0.15, 0.2) is 0 Å². The number of amides is 3. The van der Waals surface area contributed by atoms with Crippen LogP contribution in [0.1, 0.15) is 43.5 Å². The van der Waals surface area contributed by atoms with E-state index in [0.29, 0.717) is 11.3 Å². The maximum absolute atomic E-state index is 13.9. The molecule has 0 aliphatic heterocycles. The van der Waals surface area contributed by atoms with Crippen molar-refractivity contribution in [2.45, 2.75) is 52.3 Å². The Morgan fingerprint density at radius 1 is 1.00 bits per heavy atom. The maximum Gasteiger partial charge on any atom is 0.408 e. The summed E-state index contributed by atoms with van der Waals surface area (Å²) in [5, 5.41) is 26.8. The Kier molecular flexibility index (Phi) is 9.28. The second-order valence-electron chi connectivity index (χ2n) is 10.3. The molecule has 3 rings (SSSR count). The zero-order chi connectivity index (χ0) is 28.7. The monoisotopic (exact) mass is 530 g/mol. The summed E-state index contributed by atoms with van der Waals surface area (Å²) in [5.74, 6) is -1.34. The maximum atomic E-state index is 13.9. The molecule has 3 amide bonds. The predicted molar refractivity (Wildman–Crippen MR) is 149 cm³/mol. The van der Waals surface area contributed by atoms with Gasteiger partial charge in [0.1, 0.15) is 24.2 Å². The van der Waals surface area contributed by atoms with Crippen LogP contribution < -0.4 is 10.6 Å². The first kappa shape index (κ1) is 29.1. The van der Waals surface area contributed by atoms with E-state index in [1.165, 1.54) is 0 Å². The molecule has 0 radical (unpaired) electrons. The topological polar surface area (TPSA) is 132 Å². The molecule has 3 aromatic rings. The van der Waals surface area contributed by atoms with Crippen LogP contribution in [0.25, 0.3) is 10.8 Å². The van der Waals surface area contributed by atoms with Crippen LogP contribution in [-0.4, -0.2) is 52.7 Å². The van der Waals surface area contributed by atoms with Gasteiger partial charge in [0, 0.05) is 5.69 Å². The minimum atomic E-state index is -1.44. The molecule has 0 aliphatic carbocycles. The highest BCUT2D eigenvalue weighted by Gasteiger charge is 2.37. The molecule has 9 heteroatoms. The van der Waals surface area contributed by atoms with Gasteiger partial charge in [0.2, 0.25) is 5.91 Å². The first-order valence-corrected chi connectivity index (χ1v) is 12.6. The van der Waals surface area contributed by atoms with Crippen molar-refractivity contribution in [1.82, 2.24) is 10.2 Å². The number of fused-ring (bicyclic) bond motifs is 1. The number of aryl methyl sites for hydroxylation is 2. The van der Waals surface area contributed by atoms with E-state index in [4.69, 9.17) is 4.74 Å². The van der Waals surface area contributed by atoms with Crippen LogP contribution in [0, 0.1) is 25.2 Å². The van der Waals surface area contributed by atoms with Gasteiger partial charge in [-0.1, -0.05) is 48.5 Å². The molecule has 0 aromatic heterocycles. The van der Waals surface area contributed by atoms with Crippen LogP contribution in [0.5, 0.6) is 0 Å². The number of nitrogens with one attached hydrogen (secondary N) is 2. The highest BCUT2D eigenvalue weighted by atomic mass is 16.6. The van der Waals surface area contributed by atoms with Crippen molar-refractivity contribution in [3.63, 3.8) is 0 Å². The number of nitrogens with zero attached hydrogens (tertiary/aromatic N) is 2. The summed E-state index contributed by atoms with van der Waals surface area (Å²) < 4.78 is 5.23. The average Bonchev–Trinajstić information content (AvgIpc) is 2.87. The van der Waals surface area contributed by atoms with E-state index >= 15 is 0 Å². The van der Waals surface area contributed by atoms with Gasteiger partial charge < -0.3 is 25.4 Å². The van der Waals surface area contributed by atoms with E-state index in [-0.39, 0.29) is 0 Å². The number of nitriles is 1. The summed E-state index contributed by atoms with van der Waals surface area (Å²) in [7, 11) is 0. The third-order valence-corrected chi connectivity index (χ3v) is 6.09. The molecule has 0 fully saturated rings. The third kappa shape index (κ3) is 7.33. The largest absolute Gasteiger partial charge is 0.444 e. The Bertz CT molecular complexity index is 1390. The Morgan fingerprint density at radius 2 is 1.64 bits per heavy atom. The summed E-state index contributed by atoms with van der Waals surface area (Å²) in [6.07, 6.45) is -0.906. The van der Waals surface area contributed by atoms with Crippen molar-refractivity contribution in [3.8, 4) is 6.07 Å². The summed E-state index contributed by atoms with van der Waals surface area (Å²) in [5.41, 5.74) is 1.72. The van der Waals surface area contributed by atoms with Gasteiger partial charge in [-0.2, -0.15) is 5.26 Å². The molecular weight excluding hydrogens is 496 g/mol. The lowest BCUT2D eigenvalue weighted by atomic mass is 9.93. The smallest absolute Gasteiger partial charge is 0.408 e. The summed E-state index contributed by atoms with van der Waals surface area (Å²) in [6, 6.07) is 17.9. The fourth-order valence-corrected chi connectivity index (χ4v) is 4.37. The number of carbonyl (C=O) groups is 3. The molecule has 2 unspecified atom stereocenters. The number of aliphatic hydroxyl groups is 1. The molecule has 2 atom stereocenters. The van der Waals surface area contributed by atoms with Gasteiger partial charge in [0.25, 0.3) is 5.91 Å². The molecule has 0 spiro atoms. The molecule has 204 valence electrons. The van der Waals surface area contributed by atoms with Crippen LogP contribution in [-0.2, 0) is 14.3 Å².